The summed E-state index contributed by atoms with van der Waals surface area (Å²) in [6.07, 6.45) is 0. The van der Waals surface area contributed by atoms with Crippen LogP contribution in [-0.2, 0) is 9.53 Å². The van der Waals surface area contributed by atoms with Crippen molar-refractivity contribution in [3.8, 4) is 6.07 Å². The average Bonchev–Trinajstić information content (AvgIpc) is 2.05. The van der Waals surface area contributed by atoms with Crippen molar-refractivity contribution in [1.82, 2.24) is 0 Å². The van der Waals surface area contributed by atoms with Crippen molar-refractivity contribution in [2.24, 2.45) is 5.92 Å². The van der Waals surface area contributed by atoms with Gasteiger partial charge in [0.15, 0.2) is 0 Å². The van der Waals surface area contributed by atoms with Crippen LogP contribution in [0, 0.1) is 17.2 Å². The van der Waals surface area contributed by atoms with Gasteiger partial charge in [0.2, 0.25) is 0 Å². The Bertz CT molecular complexity index is 259. The first-order chi connectivity index (χ1) is 6.04. The summed E-state index contributed by atoms with van der Waals surface area (Å²) < 4.78 is 4.75. The lowest BCUT2D eigenvalue weighted by Gasteiger charge is -2.07. The summed E-state index contributed by atoms with van der Waals surface area (Å²) in [5, 5.41) is 8.73. The van der Waals surface area contributed by atoms with E-state index in [1.807, 2.05) is 19.9 Å². The molecule has 0 spiro atoms. The smallest absolute Gasteiger partial charge is 0.348 e. The van der Waals surface area contributed by atoms with Crippen molar-refractivity contribution in [2.75, 3.05) is 6.61 Å². The summed E-state index contributed by atoms with van der Waals surface area (Å²) in [6, 6.07) is 1.87. The minimum atomic E-state index is -0.517. The van der Waals surface area contributed by atoms with Gasteiger partial charge >= 0.3 is 5.97 Å². The van der Waals surface area contributed by atoms with E-state index in [4.69, 9.17) is 10.00 Å². The van der Waals surface area contributed by atoms with Gasteiger partial charge in [-0.2, -0.15) is 5.26 Å². The van der Waals surface area contributed by atoms with E-state index in [1.54, 1.807) is 13.8 Å². The Labute approximate surface area is 79.0 Å². The van der Waals surface area contributed by atoms with Gasteiger partial charge in [0, 0.05) is 0 Å². The molecule has 0 N–H and O–H groups in total. The Balaban J connectivity index is 4.80. The van der Waals surface area contributed by atoms with E-state index in [1.165, 1.54) is 0 Å². The van der Waals surface area contributed by atoms with Crippen LogP contribution >= 0.6 is 0 Å². The van der Waals surface area contributed by atoms with E-state index in [0.717, 1.165) is 5.57 Å². The highest BCUT2D eigenvalue weighted by Gasteiger charge is 2.14. The van der Waals surface area contributed by atoms with Crippen molar-refractivity contribution in [3.63, 3.8) is 0 Å². The van der Waals surface area contributed by atoms with Crippen LogP contribution in [0.25, 0.3) is 0 Å². The van der Waals surface area contributed by atoms with Crippen molar-refractivity contribution in [3.05, 3.63) is 11.1 Å². The van der Waals surface area contributed by atoms with Crippen LogP contribution < -0.4 is 0 Å². The SMILES string of the molecule is CCOC(=O)/C(C#N)=C(\C)C(C)C. The molecular formula is C10H15NO2. The maximum absolute atomic E-state index is 11.2. The molecule has 0 amide bonds. The van der Waals surface area contributed by atoms with Gasteiger partial charge in [0.1, 0.15) is 11.6 Å². The van der Waals surface area contributed by atoms with E-state index in [2.05, 4.69) is 0 Å². The number of carbonyl (C=O) groups is 1. The topological polar surface area (TPSA) is 50.1 Å². The van der Waals surface area contributed by atoms with Crippen molar-refractivity contribution in [1.29, 1.82) is 5.26 Å². The molecule has 0 saturated carbocycles. The number of ether oxygens (including phenoxy) is 1. The van der Waals surface area contributed by atoms with Crippen LogP contribution in [0.2, 0.25) is 0 Å². The lowest BCUT2D eigenvalue weighted by Crippen LogP contribution is -2.10. The van der Waals surface area contributed by atoms with Gasteiger partial charge in [-0.3, -0.25) is 0 Å². The van der Waals surface area contributed by atoms with Gasteiger partial charge in [-0.05, 0) is 25.3 Å². The normalized spacial score (nSPS) is 12.0. The summed E-state index contributed by atoms with van der Waals surface area (Å²) >= 11 is 0. The van der Waals surface area contributed by atoms with E-state index in [9.17, 15) is 4.79 Å². The average molecular weight is 181 g/mol. The molecule has 0 aromatic heterocycles. The monoisotopic (exact) mass is 181 g/mol. The molecule has 3 nitrogen and oxygen atoms in total. The Morgan fingerprint density at radius 3 is 2.38 bits per heavy atom. The molecule has 0 radical (unpaired) electrons. The number of hydrogen-bond donors (Lipinski definition) is 0. The fourth-order valence-corrected chi connectivity index (χ4v) is 0.787. The van der Waals surface area contributed by atoms with Crippen LogP contribution in [0.4, 0.5) is 0 Å². The number of carbonyl (C=O) groups excluding carboxylic acids is 1. The third-order valence-corrected chi connectivity index (χ3v) is 1.85. The second-order valence-electron chi connectivity index (χ2n) is 3.04. The third kappa shape index (κ3) is 3.29. The van der Waals surface area contributed by atoms with Gasteiger partial charge in [-0.25, -0.2) is 4.79 Å². The molecule has 0 heterocycles. The Kier molecular flexibility index (Phi) is 4.83. The standard InChI is InChI=1S/C10H15NO2/c1-5-13-10(12)9(6-11)8(4)7(2)3/h7H,5H2,1-4H3/b9-8+. The van der Waals surface area contributed by atoms with Gasteiger partial charge in [0.05, 0.1) is 6.61 Å². The molecule has 72 valence electrons. The number of hydrogen-bond acceptors (Lipinski definition) is 3. The van der Waals surface area contributed by atoms with E-state index in [0.29, 0.717) is 6.61 Å². The fourth-order valence-electron chi connectivity index (χ4n) is 0.787. The highest BCUT2D eigenvalue weighted by molar-refractivity contribution is 5.93. The molecule has 0 aliphatic heterocycles. The lowest BCUT2D eigenvalue weighted by atomic mass is 10.00. The van der Waals surface area contributed by atoms with Crippen LogP contribution in [0.3, 0.4) is 0 Å². The van der Waals surface area contributed by atoms with E-state index < -0.39 is 5.97 Å². The molecule has 0 aromatic carbocycles. The molecule has 0 aromatic rings. The zero-order valence-corrected chi connectivity index (χ0v) is 8.55. The van der Waals surface area contributed by atoms with Gasteiger partial charge in [-0.1, -0.05) is 13.8 Å². The van der Waals surface area contributed by atoms with Crippen molar-refractivity contribution in [2.45, 2.75) is 27.7 Å². The molecule has 0 aliphatic rings. The lowest BCUT2D eigenvalue weighted by molar-refractivity contribution is -0.138. The highest BCUT2D eigenvalue weighted by atomic mass is 16.5. The number of nitriles is 1. The minimum absolute atomic E-state index is 0.136. The second kappa shape index (κ2) is 5.36. The summed E-state index contributed by atoms with van der Waals surface area (Å²) in [5.41, 5.74) is 0.915. The first kappa shape index (κ1) is 11.7. The molecule has 0 aliphatic carbocycles. The minimum Gasteiger partial charge on any atom is -0.462 e. The zero-order valence-electron chi connectivity index (χ0n) is 8.55. The number of nitrogens with zero attached hydrogens (tertiary/aromatic N) is 1. The molecule has 0 fully saturated rings. The van der Waals surface area contributed by atoms with E-state index >= 15 is 0 Å². The summed E-state index contributed by atoms with van der Waals surface area (Å²) in [6.45, 7) is 7.67. The maximum atomic E-state index is 11.2. The van der Waals surface area contributed by atoms with Crippen molar-refractivity contribution >= 4 is 5.97 Å². The zero-order chi connectivity index (χ0) is 10.4. The van der Waals surface area contributed by atoms with Gasteiger partial charge in [0.25, 0.3) is 0 Å². The fraction of sp³-hybridized carbons (Fsp3) is 0.600. The molecule has 0 bridgehead atoms. The molecule has 0 rings (SSSR count). The van der Waals surface area contributed by atoms with Crippen molar-refractivity contribution < 1.29 is 9.53 Å². The van der Waals surface area contributed by atoms with Crippen LogP contribution in [0.1, 0.15) is 27.7 Å². The molecule has 0 saturated heterocycles. The van der Waals surface area contributed by atoms with Crippen LogP contribution in [0.15, 0.2) is 11.1 Å². The third-order valence-electron chi connectivity index (χ3n) is 1.85. The van der Waals surface area contributed by atoms with Crippen LogP contribution in [0.5, 0.6) is 0 Å². The Morgan fingerprint density at radius 1 is 1.54 bits per heavy atom. The quantitative estimate of drug-likeness (QED) is 0.380. The molecule has 0 atom stereocenters. The largest absolute Gasteiger partial charge is 0.462 e. The summed E-state index contributed by atoms with van der Waals surface area (Å²) in [7, 11) is 0. The maximum Gasteiger partial charge on any atom is 0.348 e. The molecule has 3 heteroatoms. The first-order valence-electron chi connectivity index (χ1n) is 4.32. The Hall–Kier alpha value is -1.30. The number of allylic oxidation sites excluding steroid dienone is 1. The van der Waals surface area contributed by atoms with Crippen LogP contribution in [-0.4, -0.2) is 12.6 Å². The molecular weight excluding hydrogens is 166 g/mol. The Morgan fingerprint density at radius 2 is 2.08 bits per heavy atom. The predicted octanol–water partition coefficient (Wildman–Crippen LogP) is 2.05. The summed E-state index contributed by atoms with van der Waals surface area (Å²) in [5.74, 6) is -0.324. The number of esters is 1. The molecule has 0 unspecified atom stereocenters. The first-order valence-corrected chi connectivity index (χ1v) is 4.32. The number of rotatable bonds is 3. The highest BCUT2D eigenvalue weighted by Crippen LogP contribution is 2.14. The van der Waals surface area contributed by atoms with Gasteiger partial charge < -0.3 is 4.74 Å². The summed E-state index contributed by atoms with van der Waals surface area (Å²) in [4.78, 5) is 11.2. The predicted molar refractivity (Wildman–Crippen MR) is 49.8 cm³/mol. The van der Waals surface area contributed by atoms with Gasteiger partial charge in [-0.15, -0.1) is 0 Å². The molecule has 13 heavy (non-hydrogen) atoms. The second-order valence-corrected chi connectivity index (χ2v) is 3.04. The van der Waals surface area contributed by atoms with E-state index in [-0.39, 0.29) is 11.5 Å².